The zero-order chi connectivity index (χ0) is 13.6. The molecule has 1 heterocycles. The Morgan fingerprint density at radius 2 is 2.17 bits per heavy atom. The summed E-state index contributed by atoms with van der Waals surface area (Å²) in [7, 11) is 0. The third-order valence-electron chi connectivity index (χ3n) is 2.61. The molecule has 0 aliphatic rings. The summed E-state index contributed by atoms with van der Waals surface area (Å²) in [4.78, 5) is 10.3. The maximum absolute atomic E-state index is 10.3. The highest BCUT2D eigenvalue weighted by Gasteiger charge is 2.12. The van der Waals surface area contributed by atoms with Crippen molar-refractivity contribution in [1.82, 2.24) is 15.0 Å². The molecule has 18 heavy (non-hydrogen) atoms. The van der Waals surface area contributed by atoms with Crippen molar-refractivity contribution in [3.8, 4) is 0 Å². The van der Waals surface area contributed by atoms with E-state index in [4.69, 9.17) is 5.11 Å². The molecule has 6 heteroatoms. The van der Waals surface area contributed by atoms with Gasteiger partial charge in [0.2, 0.25) is 0 Å². The van der Waals surface area contributed by atoms with Gasteiger partial charge in [-0.15, -0.1) is 5.10 Å². The number of hydrogen-bond acceptors (Lipinski definition) is 4. The van der Waals surface area contributed by atoms with E-state index >= 15 is 0 Å². The van der Waals surface area contributed by atoms with Gasteiger partial charge in [-0.25, -0.2) is 0 Å². The van der Waals surface area contributed by atoms with Crippen LogP contribution in [-0.4, -0.2) is 36.8 Å². The fourth-order valence-electron chi connectivity index (χ4n) is 1.53. The summed E-state index contributed by atoms with van der Waals surface area (Å²) in [6, 6.07) is 0. The Kier molecular flexibility index (Phi) is 5.27. The lowest BCUT2D eigenvalue weighted by molar-refractivity contribution is -0.137. The highest BCUT2D eigenvalue weighted by Crippen LogP contribution is 2.09. The van der Waals surface area contributed by atoms with Crippen molar-refractivity contribution in [2.24, 2.45) is 0 Å². The normalized spacial score (nSPS) is 11.7. The molecule has 0 aliphatic carbocycles. The van der Waals surface area contributed by atoms with Gasteiger partial charge in [-0.05, 0) is 39.5 Å². The second-order valence-electron chi connectivity index (χ2n) is 5.14. The number of aryl methyl sites for hydroxylation is 2. The van der Waals surface area contributed by atoms with Crippen LogP contribution in [0.5, 0.6) is 0 Å². The molecule has 1 aromatic heterocycles. The highest BCUT2D eigenvalue weighted by molar-refractivity contribution is 5.66. The molecule has 1 aromatic rings. The van der Waals surface area contributed by atoms with Gasteiger partial charge in [-0.1, -0.05) is 5.21 Å². The molecule has 0 bridgehead atoms. The van der Waals surface area contributed by atoms with Crippen LogP contribution in [0, 0.1) is 0 Å². The number of aromatic nitrogens is 3. The second-order valence-corrected chi connectivity index (χ2v) is 5.14. The van der Waals surface area contributed by atoms with Crippen molar-refractivity contribution in [2.45, 2.75) is 58.1 Å². The number of rotatable bonds is 8. The zero-order valence-electron chi connectivity index (χ0n) is 11.0. The molecule has 0 saturated carbocycles. The van der Waals surface area contributed by atoms with E-state index in [1.807, 2.05) is 6.20 Å². The lowest BCUT2D eigenvalue weighted by atomic mass is 10.1. The topological polar surface area (TPSA) is 88.2 Å². The third kappa shape index (κ3) is 6.34. The molecule has 0 radical (unpaired) electrons. The predicted octanol–water partition coefficient (Wildman–Crippen LogP) is 1.24. The molecule has 0 aliphatic heterocycles. The fraction of sp³-hybridized carbons (Fsp3) is 0.750. The van der Waals surface area contributed by atoms with Crippen LogP contribution in [0.25, 0.3) is 0 Å². The summed E-state index contributed by atoms with van der Waals surface area (Å²) < 4.78 is 1.71. The predicted molar refractivity (Wildman–Crippen MR) is 66.1 cm³/mol. The molecule has 0 spiro atoms. The van der Waals surface area contributed by atoms with Crippen LogP contribution >= 0.6 is 0 Å². The van der Waals surface area contributed by atoms with Gasteiger partial charge in [-0.2, -0.15) is 0 Å². The Morgan fingerprint density at radius 1 is 1.44 bits per heavy atom. The first-order valence-corrected chi connectivity index (χ1v) is 6.20. The summed E-state index contributed by atoms with van der Waals surface area (Å²) >= 11 is 0. The molecular weight excluding hydrogens is 234 g/mol. The number of nitrogens with zero attached hydrogens (tertiary/aromatic N) is 3. The summed E-state index contributed by atoms with van der Waals surface area (Å²) in [5.74, 6) is -0.760. The van der Waals surface area contributed by atoms with Crippen molar-refractivity contribution < 1.29 is 15.0 Å². The fourth-order valence-corrected chi connectivity index (χ4v) is 1.53. The molecule has 0 atom stereocenters. The van der Waals surface area contributed by atoms with Gasteiger partial charge in [0.1, 0.15) is 0 Å². The highest BCUT2D eigenvalue weighted by atomic mass is 16.4. The van der Waals surface area contributed by atoms with E-state index in [9.17, 15) is 9.90 Å². The first kappa shape index (κ1) is 14.6. The molecule has 0 unspecified atom stereocenters. The zero-order valence-corrected chi connectivity index (χ0v) is 11.0. The molecule has 0 fully saturated rings. The van der Waals surface area contributed by atoms with E-state index in [2.05, 4.69) is 10.3 Å². The van der Waals surface area contributed by atoms with E-state index in [-0.39, 0.29) is 6.42 Å². The minimum atomic E-state index is -0.760. The average Bonchev–Trinajstić information content (AvgIpc) is 2.68. The van der Waals surface area contributed by atoms with E-state index in [1.165, 1.54) is 0 Å². The van der Waals surface area contributed by atoms with Crippen molar-refractivity contribution >= 4 is 5.97 Å². The average molecular weight is 255 g/mol. The lowest BCUT2D eigenvalue weighted by Gasteiger charge is -2.15. The number of unbranched alkanes of at least 4 members (excludes halogenated alkanes) is 1. The van der Waals surface area contributed by atoms with Crippen LogP contribution in [-0.2, 0) is 17.8 Å². The van der Waals surface area contributed by atoms with Gasteiger partial charge in [0.05, 0.1) is 11.3 Å². The Morgan fingerprint density at radius 3 is 2.78 bits per heavy atom. The molecule has 102 valence electrons. The Labute approximate surface area is 107 Å². The Hall–Kier alpha value is -1.43. The number of aliphatic hydroxyl groups is 1. The summed E-state index contributed by atoms with van der Waals surface area (Å²) in [6.07, 6.45) is 4.88. The number of carboxylic acids is 1. The molecule has 2 N–H and O–H groups in total. The van der Waals surface area contributed by atoms with Crippen LogP contribution in [0.15, 0.2) is 6.20 Å². The minimum absolute atomic E-state index is 0.201. The van der Waals surface area contributed by atoms with Crippen LogP contribution < -0.4 is 0 Å². The van der Waals surface area contributed by atoms with Gasteiger partial charge < -0.3 is 10.2 Å². The van der Waals surface area contributed by atoms with E-state index < -0.39 is 11.6 Å². The number of aliphatic carboxylic acids is 1. The smallest absolute Gasteiger partial charge is 0.303 e. The van der Waals surface area contributed by atoms with Crippen LogP contribution in [0.2, 0.25) is 0 Å². The SMILES string of the molecule is CC(C)(O)CCn1cc(CCCCC(=O)O)nn1. The van der Waals surface area contributed by atoms with Gasteiger partial charge in [0.15, 0.2) is 0 Å². The third-order valence-corrected chi connectivity index (χ3v) is 2.61. The van der Waals surface area contributed by atoms with Crippen molar-refractivity contribution in [1.29, 1.82) is 0 Å². The first-order chi connectivity index (χ1) is 8.37. The largest absolute Gasteiger partial charge is 0.481 e. The van der Waals surface area contributed by atoms with Gasteiger partial charge in [0, 0.05) is 19.2 Å². The standard InChI is InChI=1S/C12H21N3O3/c1-12(2,18)7-8-15-9-10(13-14-15)5-3-4-6-11(16)17/h9,18H,3-8H2,1-2H3,(H,16,17). The number of hydrogen-bond donors (Lipinski definition) is 2. The quantitative estimate of drug-likeness (QED) is 0.682. The van der Waals surface area contributed by atoms with E-state index in [1.54, 1.807) is 18.5 Å². The van der Waals surface area contributed by atoms with Gasteiger partial charge in [-0.3, -0.25) is 9.48 Å². The van der Waals surface area contributed by atoms with Crippen LogP contribution in [0.4, 0.5) is 0 Å². The Balaban J connectivity index is 2.28. The van der Waals surface area contributed by atoms with E-state index in [0.29, 0.717) is 19.4 Å². The van der Waals surface area contributed by atoms with Crippen molar-refractivity contribution in [3.63, 3.8) is 0 Å². The van der Waals surface area contributed by atoms with Crippen molar-refractivity contribution in [3.05, 3.63) is 11.9 Å². The van der Waals surface area contributed by atoms with Crippen molar-refractivity contribution in [2.75, 3.05) is 0 Å². The van der Waals surface area contributed by atoms with Gasteiger partial charge in [0.25, 0.3) is 0 Å². The second kappa shape index (κ2) is 6.49. The monoisotopic (exact) mass is 255 g/mol. The molecule has 0 aromatic carbocycles. The maximum atomic E-state index is 10.3. The molecule has 0 amide bonds. The number of carbonyl (C=O) groups is 1. The minimum Gasteiger partial charge on any atom is -0.481 e. The molecule has 1 rings (SSSR count). The summed E-state index contributed by atoms with van der Waals surface area (Å²) in [6.45, 7) is 4.15. The van der Waals surface area contributed by atoms with Crippen LogP contribution in [0.1, 0.15) is 45.2 Å². The summed E-state index contributed by atoms with van der Waals surface area (Å²) in [5, 5.41) is 26.1. The summed E-state index contributed by atoms with van der Waals surface area (Å²) in [5.41, 5.74) is 0.171. The van der Waals surface area contributed by atoms with E-state index in [0.717, 1.165) is 18.5 Å². The molecule has 0 saturated heterocycles. The first-order valence-electron chi connectivity index (χ1n) is 6.20. The Bertz CT molecular complexity index is 382. The maximum Gasteiger partial charge on any atom is 0.303 e. The lowest BCUT2D eigenvalue weighted by Crippen LogP contribution is -2.21. The number of carboxylic acid groups (broad SMARTS) is 1. The molecular formula is C12H21N3O3. The van der Waals surface area contributed by atoms with Crippen LogP contribution in [0.3, 0.4) is 0 Å². The molecule has 6 nitrogen and oxygen atoms in total. The van der Waals surface area contributed by atoms with Gasteiger partial charge >= 0.3 is 5.97 Å².